The highest BCUT2D eigenvalue weighted by molar-refractivity contribution is 7.99. The van der Waals surface area contributed by atoms with Gasteiger partial charge in [0.1, 0.15) is 0 Å². The average molecular weight is 402 g/mol. The Hall–Kier alpha value is -2.35. The van der Waals surface area contributed by atoms with Crippen LogP contribution in [0.1, 0.15) is 44.0 Å². The first-order chi connectivity index (χ1) is 13.6. The second-order valence-electron chi connectivity index (χ2n) is 6.92. The van der Waals surface area contributed by atoms with Gasteiger partial charge in [0.05, 0.1) is 12.3 Å². The van der Waals surface area contributed by atoms with Crippen molar-refractivity contribution in [3.8, 4) is 0 Å². The zero-order valence-electron chi connectivity index (χ0n) is 16.5. The van der Waals surface area contributed by atoms with E-state index in [0.717, 1.165) is 42.9 Å². The molecule has 0 spiro atoms. The lowest BCUT2D eigenvalue weighted by Gasteiger charge is -2.20. The van der Waals surface area contributed by atoms with E-state index < -0.39 is 0 Å². The standard InChI is InChI=1S/C20H27N5O2S/c1-3-25-17(13-24-12-8-4-5-11-19(24)27)22-23-20(25)28-14-18(26)21-16-10-7-6-9-15(16)2/h6-7,9-10H,3-5,8,11-14H2,1-2H3,(H,21,26). The summed E-state index contributed by atoms with van der Waals surface area (Å²) in [6.07, 6.45) is 3.71. The van der Waals surface area contributed by atoms with Crippen molar-refractivity contribution < 1.29 is 9.59 Å². The van der Waals surface area contributed by atoms with Gasteiger partial charge in [-0.1, -0.05) is 36.4 Å². The van der Waals surface area contributed by atoms with Crippen molar-refractivity contribution in [3.05, 3.63) is 35.7 Å². The summed E-state index contributed by atoms with van der Waals surface area (Å²) in [4.78, 5) is 26.4. The van der Waals surface area contributed by atoms with Crippen LogP contribution in [0.2, 0.25) is 0 Å². The second-order valence-corrected chi connectivity index (χ2v) is 7.86. The van der Waals surface area contributed by atoms with Crippen molar-refractivity contribution in [2.75, 3.05) is 17.6 Å². The number of nitrogens with one attached hydrogen (secondary N) is 1. The van der Waals surface area contributed by atoms with Crippen LogP contribution in [0.15, 0.2) is 29.4 Å². The van der Waals surface area contributed by atoms with Crippen molar-refractivity contribution in [2.45, 2.75) is 57.8 Å². The first kappa shape index (κ1) is 20.4. The van der Waals surface area contributed by atoms with Gasteiger partial charge in [-0.2, -0.15) is 0 Å². The molecule has 150 valence electrons. The molecule has 0 unspecified atom stereocenters. The van der Waals surface area contributed by atoms with Crippen molar-refractivity contribution in [2.24, 2.45) is 0 Å². The number of nitrogens with zero attached hydrogens (tertiary/aromatic N) is 4. The number of para-hydroxylation sites is 1. The lowest BCUT2D eigenvalue weighted by Crippen LogP contribution is -2.31. The Morgan fingerprint density at radius 1 is 1.21 bits per heavy atom. The zero-order chi connectivity index (χ0) is 19.9. The van der Waals surface area contributed by atoms with Gasteiger partial charge in [-0.3, -0.25) is 9.59 Å². The third-order valence-electron chi connectivity index (χ3n) is 4.86. The van der Waals surface area contributed by atoms with Crippen molar-refractivity contribution >= 4 is 29.3 Å². The summed E-state index contributed by atoms with van der Waals surface area (Å²) < 4.78 is 1.99. The number of carbonyl (C=O) groups is 2. The van der Waals surface area contributed by atoms with Crippen molar-refractivity contribution in [1.29, 1.82) is 0 Å². The number of benzene rings is 1. The van der Waals surface area contributed by atoms with Crippen LogP contribution in [0.25, 0.3) is 0 Å². The lowest BCUT2D eigenvalue weighted by atomic mass is 10.2. The molecule has 3 rings (SSSR count). The van der Waals surface area contributed by atoms with Crippen LogP contribution in [0, 0.1) is 6.92 Å². The number of aryl methyl sites for hydroxylation is 1. The van der Waals surface area contributed by atoms with Crippen LogP contribution in [-0.2, 0) is 22.7 Å². The number of amides is 2. The lowest BCUT2D eigenvalue weighted by molar-refractivity contribution is -0.131. The summed E-state index contributed by atoms with van der Waals surface area (Å²) in [6, 6.07) is 7.70. The summed E-state index contributed by atoms with van der Waals surface area (Å²) in [5.41, 5.74) is 1.85. The van der Waals surface area contributed by atoms with Gasteiger partial charge in [0.25, 0.3) is 0 Å². The van der Waals surface area contributed by atoms with E-state index in [9.17, 15) is 9.59 Å². The third kappa shape index (κ3) is 5.13. The second kappa shape index (κ2) is 9.73. The average Bonchev–Trinajstić information content (AvgIpc) is 2.96. The number of likely N-dealkylation sites (tertiary alicyclic amines) is 1. The molecule has 1 aliphatic heterocycles. The highest BCUT2D eigenvalue weighted by atomic mass is 32.2. The molecule has 1 fully saturated rings. The molecule has 0 bridgehead atoms. The number of hydrogen-bond donors (Lipinski definition) is 1. The molecule has 0 saturated carbocycles. The summed E-state index contributed by atoms with van der Waals surface area (Å²) in [5, 5.41) is 12.2. The first-order valence-corrected chi connectivity index (χ1v) is 10.7. The molecule has 2 heterocycles. The molecule has 1 N–H and O–H groups in total. The number of thioether (sulfide) groups is 1. The van der Waals surface area contributed by atoms with E-state index in [-0.39, 0.29) is 17.6 Å². The number of anilines is 1. The minimum Gasteiger partial charge on any atom is -0.335 e. The predicted molar refractivity (Wildman–Crippen MR) is 110 cm³/mol. The highest BCUT2D eigenvalue weighted by Gasteiger charge is 2.21. The Morgan fingerprint density at radius 2 is 2.04 bits per heavy atom. The van der Waals surface area contributed by atoms with Crippen molar-refractivity contribution in [1.82, 2.24) is 19.7 Å². The summed E-state index contributed by atoms with van der Waals surface area (Å²) in [6.45, 7) is 5.94. The monoisotopic (exact) mass is 401 g/mol. The minimum absolute atomic E-state index is 0.0748. The highest BCUT2D eigenvalue weighted by Crippen LogP contribution is 2.20. The fourth-order valence-corrected chi connectivity index (χ4v) is 4.09. The van der Waals surface area contributed by atoms with Gasteiger partial charge in [-0.15, -0.1) is 10.2 Å². The van der Waals surface area contributed by atoms with Gasteiger partial charge in [0, 0.05) is 25.2 Å². The van der Waals surface area contributed by atoms with Crippen LogP contribution >= 0.6 is 11.8 Å². The van der Waals surface area contributed by atoms with Crippen LogP contribution in [-0.4, -0.2) is 43.8 Å². The molecule has 2 amide bonds. The Labute approximate surface area is 169 Å². The quantitative estimate of drug-likeness (QED) is 0.721. The topological polar surface area (TPSA) is 80.1 Å². The Morgan fingerprint density at radius 3 is 2.82 bits per heavy atom. The molecule has 0 radical (unpaired) electrons. The van der Waals surface area contributed by atoms with Crippen LogP contribution in [0.4, 0.5) is 5.69 Å². The Bertz CT molecular complexity index is 836. The number of carbonyl (C=O) groups excluding carboxylic acids is 2. The maximum Gasteiger partial charge on any atom is 0.234 e. The van der Waals surface area contributed by atoms with E-state index in [1.165, 1.54) is 11.8 Å². The fourth-order valence-electron chi connectivity index (χ4n) is 3.27. The Balaban J connectivity index is 1.61. The zero-order valence-corrected chi connectivity index (χ0v) is 17.3. The molecule has 1 aromatic heterocycles. The molecule has 0 aliphatic carbocycles. The van der Waals surface area contributed by atoms with Crippen LogP contribution < -0.4 is 5.32 Å². The minimum atomic E-state index is -0.0748. The van der Waals surface area contributed by atoms with Crippen LogP contribution in [0.5, 0.6) is 0 Å². The van der Waals surface area contributed by atoms with E-state index in [2.05, 4.69) is 15.5 Å². The normalized spacial score (nSPS) is 14.8. The number of aromatic nitrogens is 3. The van der Waals surface area contributed by atoms with E-state index in [1.807, 2.05) is 47.6 Å². The molecule has 2 aromatic rings. The summed E-state index contributed by atoms with van der Waals surface area (Å²) in [5.74, 6) is 1.15. The van der Waals surface area contributed by atoms with E-state index in [4.69, 9.17) is 0 Å². The van der Waals surface area contributed by atoms with Gasteiger partial charge in [0.15, 0.2) is 11.0 Å². The summed E-state index contributed by atoms with van der Waals surface area (Å²) in [7, 11) is 0. The molecule has 1 saturated heterocycles. The molecule has 0 atom stereocenters. The van der Waals surface area contributed by atoms with Crippen molar-refractivity contribution in [3.63, 3.8) is 0 Å². The van der Waals surface area contributed by atoms with E-state index in [0.29, 0.717) is 24.7 Å². The predicted octanol–water partition coefficient (Wildman–Crippen LogP) is 3.24. The largest absolute Gasteiger partial charge is 0.335 e. The van der Waals surface area contributed by atoms with Gasteiger partial charge in [-0.25, -0.2) is 0 Å². The maximum absolute atomic E-state index is 12.3. The molecule has 1 aliphatic rings. The summed E-state index contributed by atoms with van der Waals surface area (Å²) >= 11 is 1.37. The van der Waals surface area contributed by atoms with Crippen LogP contribution in [0.3, 0.4) is 0 Å². The number of hydrogen-bond acceptors (Lipinski definition) is 5. The molecule has 28 heavy (non-hydrogen) atoms. The molecule has 1 aromatic carbocycles. The smallest absolute Gasteiger partial charge is 0.234 e. The van der Waals surface area contributed by atoms with Gasteiger partial charge in [0.2, 0.25) is 11.8 Å². The third-order valence-corrected chi connectivity index (χ3v) is 5.83. The Kier molecular flexibility index (Phi) is 7.08. The van der Waals surface area contributed by atoms with Gasteiger partial charge < -0.3 is 14.8 Å². The molecule has 8 heteroatoms. The molecular weight excluding hydrogens is 374 g/mol. The SMILES string of the molecule is CCn1c(CN2CCCCCC2=O)nnc1SCC(=O)Nc1ccccc1C. The fraction of sp³-hybridized carbons (Fsp3) is 0.500. The number of rotatable bonds is 7. The van der Waals surface area contributed by atoms with Gasteiger partial charge in [-0.05, 0) is 38.3 Å². The molecular formula is C20H27N5O2S. The maximum atomic E-state index is 12.3. The molecule has 7 nitrogen and oxygen atoms in total. The van der Waals surface area contributed by atoms with E-state index >= 15 is 0 Å². The van der Waals surface area contributed by atoms with Gasteiger partial charge >= 0.3 is 0 Å². The van der Waals surface area contributed by atoms with E-state index in [1.54, 1.807) is 0 Å². The first-order valence-electron chi connectivity index (χ1n) is 9.76.